The van der Waals surface area contributed by atoms with Crippen molar-refractivity contribution in [2.75, 3.05) is 11.9 Å². The van der Waals surface area contributed by atoms with Crippen molar-refractivity contribution in [3.8, 4) is 0 Å². The predicted molar refractivity (Wildman–Crippen MR) is 128 cm³/mol. The van der Waals surface area contributed by atoms with Gasteiger partial charge in [-0.3, -0.25) is 14.5 Å². The number of carbonyl (C=O) groups excluding carboxylic acids is 2. The number of aryl methyl sites for hydroxylation is 1. The maximum absolute atomic E-state index is 12.6. The van der Waals surface area contributed by atoms with E-state index in [4.69, 9.17) is 23.8 Å². The molecule has 1 aromatic carbocycles. The molecule has 1 aliphatic heterocycles. The van der Waals surface area contributed by atoms with Crippen LogP contribution in [0.2, 0.25) is 5.02 Å². The zero-order valence-corrected chi connectivity index (χ0v) is 19.6. The highest BCUT2D eigenvalue weighted by Gasteiger charge is 2.31. The second-order valence-corrected chi connectivity index (χ2v) is 9.77. The summed E-state index contributed by atoms with van der Waals surface area (Å²) >= 11 is 14.0. The summed E-state index contributed by atoms with van der Waals surface area (Å²) in [5, 5.41) is 12.8. The van der Waals surface area contributed by atoms with Gasteiger partial charge in [0.15, 0.2) is 0 Å². The van der Waals surface area contributed by atoms with E-state index < -0.39 is 0 Å². The molecule has 2 heterocycles. The number of halogens is 1. The lowest BCUT2D eigenvalue weighted by Crippen LogP contribution is -2.29. The molecule has 0 unspecified atom stereocenters. The smallest absolute Gasteiger partial charge is 0.266 e. The number of hydrogen-bond donors (Lipinski definition) is 1. The van der Waals surface area contributed by atoms with Gasteiger partial charge in [0.25, 0.3) is 5.91 Å². The summed E-state index contributed by atoms with van der Waals surface area (Å²) in [4.78, 5) is 26.9. The van der Waals surface area contributed by atoms with Crippen molar-refractivity contribution in [1.29, 1.82) is 0 Å². The van der Waals surface area contributed by atoms with Crippen LogP contribution in [0.4, 0.5) is 5.13 Å². The van der Waals surface area contributed by atoms with E-state index >= 15 is 0 Å². The molecule has 1 fully saturated rings. The minimum Gasteiger partial charge on any atom is -0.301 e. The Bertz CT molecular complexity index is 959. The number of carbonyl (C=O) groups is 2. The highest BCUT2D eigenvalue weighted by molar-refractivity contribution is 8.26. The molecule has 10 heteroatoms. The van der Waals surface area contributed by atoms with Gasteiger partial charge < -0.3 is 5.32 Å². The standard InChI is InChI=1S/C20H21ClN4O2S3/c1-2-17-23-24-19(30-17)22-16(26)6-4-3-5-11-25-18(27)15(29-20(25)28)12-13-7-9-14(21)10-8-13/h7-10,12H,2-6,11H2,1H3,(H,22,24,26)/b15-12-. The Morgan fingerprint density at radius 2 is 2.00 bits per heavy atom. The zero-order chi connectivity index (χ0) is 21.5. The number of amides is 2. The van der Waals surface area contributed by atoms with Crippen LogP contribution in [0, 0.1) is 0 Å². The quantitative estimate of drug-likeness (QED) is 0.304. The minimum absolute atomic E-state index is 0.0645. The van der Waals surface area contributed by atoms with Crippen LogP contribution in [0.1, 0.15) is 43.2 Å². The van der Waals surface area contributed by atoms with Gasteiger partial charge in [-0.15, -0.1) is 10.2 Å². The molecule has 0 saturated carbocycles. The average molecular weight is 481 g/mol. The summed E-state index contributed by atoms with van der Waals surface area (Å²) in [7, 11) is 0. The topological polar surface area (TPSA) is 75.2 Å². The predicted octanol–water partition coefficient (Wildman–Crippen LogP) is 5.15. The molecule has 3 rings (SSSR count). The molecule has 0 atom stereocenters. The number of benzene rings is 1. The molecule has 2 amide bonds. The zero-order valence-electron chi connectivity index (χ0n) is 16.4. The number of rotatable bonds is 9. The van der Waals surface area contributed by atoms with E-state index in [9.17, 15) is 9.59 Å². The number of thioether (sulfide) groups is 1. The van der Waals surface area contributed by atoms with Gasteiger partial charge in [-0.2, -0.15) is 0 Å². The Labute approximate surface area is 194 Å². The van der Waals surface area contributed by atoms with E-state index in [1.165, 1.54) is 23.1 Å². The monoisotopic (exact) mass is 480 g/mol. The number of nitrogens with one attached hydrogen (secondary N) is 1. The molecule has 1 aliphatic rings. The van der Waals surface area contributed by atoms with Crippen LogP contribution in [0.15, 0.2) is 29.2 Å². The number of hydrogen-bond acceptors (Lipinski definition) is 7. The van der Waals surface area contributed by atoms with E-state index in [1.807, 2.05) is 25.1 Å². The van der Waals surface area contributed by atoms with Gasteiger partial charge in [0, 0.05) is 18.0 Å². The van der Waals surface area contributed by atoms with Crippen molar-refractivity contribution >= 4 is 74.3 Å². The van der Waals surface area contributed by atoms with Crippen LogP contribution in [-0.2, 0) is 16.0 Å². The van der Waals surface area contributed by atoms with Crippen molar-refractivity contribution in [2.24, 2.45) is 0 Å². The summed E-state index contributed by atoms with van der Waals surface area (Å²) in [5.74, 6) is -0.133. The summed E-state index contributed by atoms with van der Waals surface area (Å²) in [6.07, 6.45) is 5.40. The molecule has 0 radical (unpaired) electrons. The molecule has 1 N–H and O–H groups in total. The van der Waals surface area contributed by atoms with Crippen molar-refractivity contribution in [3.05, 3.63) is 44.8 Å². The number of unbranched alkanes of at least 4 members (excludes halogenated alkanes) is 2. The molecular formula is C20H21ClN4O2S3. The first-order chi connectivity index (χ1) is 14.5. The molecule has 1 aromatic heterocycles. The summed E-state index contributed by atoms with van der Waals surface area (Å²) in [6, 6.07) is 7.31. The molecule has 158 valence electrons. The summed E-state index contributed by atoms with van der Waals surface area (Å²) in [5.41, 5.74) is 0.910. The van der Waals surface area contributed by atoms with E-state index in [1.54, 1.807) is 17.0 Å². The van der Waals surface area contributed by atoms with Gasteiger partial charge in [0.1, 0.15) is 9.33 Å². The maximum atomic E-state index is 12.6. The van der Waals surface area contributed by atoms with Crippen molar-refractivity contribution in [3.63, 3.8) is 0 Å². The molecule has 30 heavy (non-hydrogen) atoms. The SMILES string of the molecule is CCc1nnc(NC(=O)CCCCCN2C(=O)/C(=C/c3ccc(Cl)cc3)SC2=S)s1. The Morgan fingerprint density at radius 1 is 1.23 bits per heavy atom. The normalized spacial score (nSPS) is 15.3. The number of nitrogens with zero attached hydrogens (tertiary/aromatic N) is 3. The molecular weight excluding hydrogens is 460 g/mol. The van der Waals surface area contributed by atoms with Crippen LogP contribution in [-0.4, -0.2) is 37.8 Å². The first-order valence-corrected chi connectivity index (χ1v) is 12.0. The van der Waals surface area contributed by atoms with Gasteiger partial charge in [0.2, 0.25) is 11.0 Å². The Balaban J connectivity index is 1.40. The van der Waals surface area contributed by atoms with Crippen molar-refractivity contribution in [1.82, 2.24) is 15.1 Å². The van der Waals surface area contributed by atoms with Gasteiger partial charge >= 0.3 is 0 Å². The lowest BCUT2D eigenvalue weighted by molar-refractivity contribution is -0.122. The van der Waals surface area contributed by atoms with Gasteiger partial charge in [0.05, 0.1) is 4.91 Å². The molecule has 0 bridgehead atoms. The number of anilines is 1. The first kappa shape index (κ1) is 22.9. The third-order valence-corrected chi connectivity index (χ3v) is 6.96. The number of aromatic nitrogens is 2. The second-order valence-electron chi connectivity index (χ2n) is 6.60. The van der Waals surface area contributed by atoms with Crippen molar-refractivity contribution < 1.29 is 9.59 Å². The van der Waals surface area contributed by atoms with E-state index in [0.29, 0.717) is 32.3 Å². The molecule has 1 saturated heterocycles. The first-order valence-electron chi connectivity index (χ1n) is 9.59. The van der Waals surface area contributed by atoms with E-state index in [0.717, 1.165) is 36.3 Å². The lowest BCUT2D eigenvalue weighted by atomic mass is 10.2. The maximum Gasteiger partial charge on any atom is 0.266 e. The highest BCUT2D eigenvalue weighted by Crippen LogP contribution is 2.33. The Morgan fingerprint density at radius 3 is 2.70 bits per heavy atom. The molecule has 6 nitrogen and oxygen atoms in total. The number of thiocarbonyl (C=S) groups is 1. The lowest BCUT2D eigenvalue weighted by Gasteiger charge is -2.13. The fraction of sp³-hybridized carbons (Fsp3) is 0.350. The van der Waals surface area contributed by atoms with Crippen LogP contribution in [0.5, 0.6) is 0 Å². The molecule has 0 spiro atoms. The third kappa shape index (κ3) is 6.34. The van der Waals surface area contributed by atoms with Crippen LogP contribution < -0.4 is 5.32 Å². The summed E-state index contributed by atoms with van der Waals surface area (Å²) in [6.45, 7) is 2.55. The van der Waals surface area contributed by atoms with Crippen LogP contribution in [0.3, 0.4) is 0 Å². The van der Waals surface area contributed by atoms with Crippen molar-refractivity contribution in [2.45, 2.75) is 39.0 Å². The highest BCUT2D eigenvalue weighted by atomic mass is 35.5. The van der Waals surface area contributed by atoms with E-state index in [2.05, 4.69) is 15.5 Å². The Hall–Kier alpha value is -1.81. The molecule has 0 aliphatic carbocycles. The largest absolute Gasteiger partial charge is 0.301 e. The third-order valence-electron chi connectivity index (χ3n) is 4.34. The Kier molecular flexibility index (Phi) is 8.38. The van der Waals surface area contributed by atoms with Crippen LogP contribution >= 0.6 is 46.9 Å². The second kappa shape index (κ2) is 11.0. The summed E-state index contributed by atoms with van der Waals surface area (Å²) < 4.78 is 0.570. The van der Waals surface area contributed by atoms with Crippen LogP contribution in [0.25, 0.3) is 6.08 Å². The minimum atomic E-state index is -0.0688. The fourth-order valence-corrected chi connectivity index (χ4v) is 4.89. The van der Waals surface area contributed by atoms with Gasteiger partial charge in [-0.1, -0.05) is 72.4 Å². The molecule has 2 aromatic rings. The average Bonchev–Trinajstić information content (AvgIpc) is 3.28. The van der Waals surface area contributed by atoms with E-state index in [-0.39, 0.29) is 11.8 Å². The van der Waals surface area contributed by atoms with Gasteiger partial charge in [-0.05, 0) is 43.0 Å². The fourth-order valence-electron chi connectivity index (χ4n) is 2.76. The van der Waals surface area contributed by atoms with Gasteiger partial charge in [-0.25, -0.2) is 0 Å².